The molecule has 0 bridgehead atoms. The van der Waals surface area contributed by atoms with Crippen molar-refractivity contribution in [3.05, 3.63) is 40.6 Å². The van der Waals surface area contributed by atoms with Gasteiger partial charge in [0.1, 0.15) is 12.1 Å². The molecule has 1 heterocycles. The molecule has 2 aromatic rings. The van der Waals surface area contributed by atoms with E-state index in [1.807, 2.05) is 19.2 Å². The van der Waals surface area contributed by atoms with Gasteiger partial charge in [0.15, 0.2) is 0 Å². The molecule has 94 valence electrons. The van der Waals surface area contributed by atoms with Crippen LogP contribution in [-0.2, 0) is 0 Å². The summed E-state index contributed by atoms with van der Waals surface area (Å²) in [6.45, 7) is 4.31. The van der Waals surface area contributed by atoms with Crippen molar-refractivity contribution in [3.63, 3.8) is 0 Å². The van der Waals surface area contributed by atoms with Gasteiger partial charge in [0.2, 0.25) is 0 Å². The fourth-order valence-corrected chi connectivity index (χ4v) is 2.41. The molecule has 1 aromatic heterocycles. The Morgan fingerprint density at radius 3 is 2.61 bits per heavy atom. The van der Waals surface area contributed by atoms with Gasteiger partial charge < -0.3 is 5.32 Å². The van der Waals surface area contributed by atoms with Gasteiger partial charge in [-0.05, 0) is 18.1 Å². The molecule has 1 aromatic carbocycles. The van der Waals surface area contributed by atoms with Crippen molar-refractivity contribution >= 4 is 21.7 Å². The minimum Gasteiger partial charge on any atom is -0.373 e. The van der Waals surface area contributed by atoms with Gasteiger partial charge in [0.05, 0.1) is 5.69 Å². The molecule has 0 aliphatic heterocycles. The van der Waals surface area contributed by atoms with E-state index in [9.17, 15) is 0 Å². The smallest absolute Gasteiger partial charge is 0.133 e. The Hall–Kier alpha value is -1.42. The first-order valence-corrected chi connectivity index (χ1v) is 6.71. The number of halogens is 1. The van der Waals surface area contributed by atoms with Crippen LogP contribution in [0, 0.1) is 0 Å². The number of hydrogen-bond acceptors (Lipinski definition) is 3. The SMILES string of the molecule is CNc1ncnc(-c2cccc(Br)c2)c1C(C)C. The lowest BCUT2D eigenvalue weighted by Crippen LogP contribution is -2.04. The third-order valence-electron chi connectivity index (χ3n) is 2.80. The Morgan fingerprint density at radius 1 is 1.22 bits per heavy atom. The number of nitrogens with zero attached hydrogens (tertiary/aromatic N) is 2. The van der Waals surface area contributed by atoms with E-state index in [0.717, 1.165) is 27.1 Å². The second kappa shape index (κ2) is 5.48. The summed E-state index contributed by atoms with van der Waals surface area (Å²) < 4.78 is 1.05. The molecule has 0 radical (unpaired) electrons. The van der Waals surface area contributed by atoms with Crippen LogP contribution >= 0.6 is 15.9 Å². The first-order valence-electron chi connectivity index (χ1n) is 5.92. The summed E-state index contributed by atoms with van der Waals surface area (Å²) in [7, 11) is 1.89. The first kappa shape index (κ1) is 13.0. The fraction of sp³-hybridized carbons (Fsp3) is 0.286. The van der Waals surface area contributed by atoms with Crippen molar-refractivity contribution in [2.24, 2.45) is 0 Å². The number of benzene rings is 1. The predicted molar refractivity (Wildman–Crippen MR) is 78.8 cm³/mol. The molecule has 0 amide bonds. The van der Waals surface area contributed by atoms with Crippen LogP contribution < -0.4 is 5.32 Å². The lowest BCUT2D eigenvalue weighted by molar-refractivity contribution is 0.852. The van der Waals surface area contributed by atoms with Crippen LogP contribution in [0.5, 0.6) is 0 Å². The monoisotopic (exact) mass is 305 g/mol. The normalized spacial score (nSPS) is 10.7. The Kier molecular flexibility index (Phi) is 3.97. The second-order valence-electron chi connectivity index (χ2n) is 4.40. The molecular formula is C14H16BrN3. The number of rotatable bonds is 3. The zero-order chi connectivity index (χ0) is 13.1. The van der Waals surface area contributed by atoms with Crippen LogP contribution in [0.4, 0.5) is 5.82 Å². The van der Waals surface area contributed by atoms with Crippen LogP contribution in [0.1, 0.15) is 25.3 Å². The lowest BCUT2D eigenvalue weighted by Gasteiger charge is -2.15. The summed E-state index contributed by atoms with van der Waals surface area (Å²) in [6.07, 6.45) is 1.61. The average Bonchev–Trinajstić information content (AvgIpc) is 2.37. The standard InChI is InChI=1S/C14H16BrN3/c1-9(2)12-13(17-8-18-14(12)16-3)10-5-4-6-11(15)7-10/h4-9H,1-3H3,(H,16,17,18). The molecule has 0 unspecified atom stereocenters. The molecule has 1 N–H and O–H groups in total. The Morgan fingerprint density at radius 2 is 2.00 bits per heavy atom. The molecule has 0 aliphatic rings. The molecule has 0 saturated carbocycles. The van der Waals surface area contributed by atoms with Gasteiger partial charge in [0, 0.05) is 22.6 Å². The highest BCUT2D eigenvalue weighted by atomic mass is 79.9. The number of hydrogen-bond donors (Lipinski definition) is 1. The lowest BCUT2D eigenvalue weighted by atomic mass is 9.97. The summed E-state index contributed by atoms with van der Waals surface area (Å²) in [6, 6.07) is 8.18. The summed E-state index contributed by atoms with van der Waals surface area (Å²) >= 11 is 3.50. The van der Waals surface area contributed by atoms with E-state index in [2.05, 4.69) is 57.2 Å². The first-order chi connectivity index (χ1) is 8.63. The third-order valence-corrected chi connectivity index (χ3v) is 3.29. The Balaban J connectivity index is 2.63. The van der Waals surface area contributed by atoms with Crippen LogP contribution in [-0.4, -0.2) is 17.0 Å². The number of aromatic nitrogens is 2. The van der Waals surface area contributed by atoms with E-state index in [1.165, 1.54) is 0 Å². The van der Waals surface area contributed by atoms with Crippen molar-refractivity contribution in [2.75, 3.05) is 12.4 Å². The molecule has 18 heavy (non-hydrogen) atoms. The van der Waals surface area contributed by atoms with Gasteiger partial charge in [-0.25, -0.2) is 9.97 Å². The molecule has 0 aliphatic carbocycles. The van der Waals surface area contributed by atoms with E-state index in [-0.39, 0.29) is 0 Å². The van der Waals surface area contributed by atoms with E-state index in [1.54, 1.807) is 6.33 Å². The van der Waals surface area contributed by atoms with E-state index < -0.39 is 0 Å². The van der Waals surface area contributed by atoms with Crippen LogP contribution in [0.15, 0.2) is 35.1 Å². The molecule has 0 fully saturated rings. The second-order valence-corrected chi connectivity index (χ2v) is 5.32. The summed E-state index contributed by atoms with van der Waals surface area (Å²) in [5, 5.41) is 3.14. The zero-order valence-corrected chi connectivity index (χ0v) is 12.3. The van der Waals surface area contributed by atoms with Gasteiger partial charge in [-0.3, -0.25) is 0 Å². The molecule has 4 heteroatoms. The number of anilines is 1. The van der Waals surface area contributed by atoms with E-state index in [0.29, 0.717) is 5.92 Å². The highest BCUT2D eigenvalue weighted by Crippen LogP contribution is 2.32. The van der Waals surface area contributed by atoms with Crippen molar-refractivity contribution in [1.29, 1.82) is 0 Å². The highest BCUT2D eigenvalue weighted by Gasteiger charge is 2.15. The zero-order valence-electron chi connectivity index (χ0n) is 10.7. The van der Waals surface area contributed by atoms with E-state index in [4.69, 9.17) is 0 Å². The maximum atomic E-state index is 4.45. The van der Waals surface area contributed by atoms with Crippen LogP contribution in [0.25, 0.3) is 11.3 Å². The molecule has 0 atom stereocenters. The molecular weight excluding hydrogens is 290 g/mol. The maximum Gasteiger partial charge on any atom is 0.133 e. The van der Waals surface area contributed by atoms with Gasteiger partial charge in [-0.15, -0.1) is 0 Å². The van der Waals surface area contributed by atoms with Gasteiger partial charge in [0.25, 0.3) is 0 Å². The largest absolute Gasteiger partial charge is 0.373 e. The molecule has 2 rings (SSSR count). The third kappa shape index (κ3) is 2.53. The number of nitrogens with one attached hydrogen (secondary N) is 1. The fourth-order valence-electron chi connectivity index (χ4n) is 2.01. The summed E-state index contributed by atoms with van der Waals surface area (Å²) in [4.78, 5) is 8.74. The van der Waals surface area contributed by atoms with Crippen molar-refractivity contribution in [1.82, 2.24) is 9.97 Å². The van der Waals surface area contributed by atoms with Gasteiger partial charge >= 0.3 is 0 Å². The molecule has 0 saturated heterocycles. The summed E-state index contributed by atoms with van der Waals surface area (Å²) in [5.41, 5.74) is 3.25. The topological polar surface area (TPSA) is 37.8 Å². The molecule has 3 nitrogen and oxygen atoms in total. The average molecular weight is 306 g/mol. The Labute approximate surface area is 116 Å². The minimum absolute atomic E-state index is 0.364. The predicted octanol–water partition coefficient (Wildman–Crippen LogP) is 4.07. The van der Waals surface area contributed by atoms with Crippen LogP contribution in [0.3, 0.4) is 0 Å². The minimum atomic E-state index is 0.364. The summed E-state index contributed by atoms with van der Waals surface area (Å²) in [5.74, 6) is 1.26. The quantitative estimate of drug-likeness (QED) is 0.929. The van der Waals surface area contributed by atoms with Crippen molar-refractivity contribution < 1.29 is 0 Å². The van der Waals surface area contributed by atoms with Crippen LogP contribution in [0.2, 0.25) is 0 Å². The van der Waals surface area contributed by atoms with Gasteiger partial charge in [-0.1, -0.05) is 41.9 Å². The van der Waals surface area contributed by atoms with Gasteiger partial charge in [-0.2, -0.15) is 0 Å². The molecule has 0 spiro atoms. The van der Waals surface area contributed by atoms with Crippen molar-refractivity contribution in [3.8, 4) is 11.3 Å². The van der Waals surface area contributed by atoms with E-state index >= 15 is 0 Å². The highest BCUT2D eigenvalue weighted by molar-refractivity contribution is 9.10. The van der Waals surface area contributed by atoms with Crippen molar-refractivity contribution in [2.45, 2.75) is 19.8 Å². The Bertz CT molecular complexity index is 552. The maximum absolute atomic E-state index is 4.45.